The molecule has 0 aromatic heterocycles. The first-order chi connectivity index (χ1) is 6.13. The lowest BCUT2D eigenvalue weighted by Gasteiger charge is -2.06. The number of urea groups is 1. The molecule has 0 unspecified atom stereocenters. The van der Waals surface area contributed by atoms with Crippen LogP contribution in [0, 0.1) is 6.92 Å². The van der Waals surface area contributed by atoms with Crippen molar-refractivity contribution in [2.75, 3.05) is 12.4 Å². The summed E-state index contributed by atoms with van der Waals surface area (Å²) in [5.41, 5.74) is 1.05. The number of rotatable bonds is 1. The average Bonchev–Trinajstić information content (AvgIpc) is 2.11. The van der Waals surface area contributed by atoms with E-state index in [1.165, 1.54) is 7.05 Å². The largest absolute Gasteiger partial charge is 0.341 e. The van der Waals surface area contributed by atoms with Crippen LogP contribution in [0.3, 0.4) is 0 Å². The first-order valence-corrected chi connectivity index (χ1v) is 4.05. The molecule has 68 valence electrons. The summed E-state index contributed by atoms with van der Waals surface area (Å²) in [6, 6.07) is 4.56. The number of carbonyl (C=O) groups excluding carboxylic acids is 1. The van der Waals surface area contributed by atoms with Crippen molar-refractivity contribution in [1.29, 1.82) is 0 Å². The summed E-state index contributed by atoms with van der Waals surface area (Å²) in [5.74, 6) is 0. The second-order valence-corrected chi connectivity index (χ2v) is 2.85. The first-order valence-electron chi connectivity index (χ1n) is 3.67. The fourth-order valence-corrected chi connectivity index (χ4v) is 0.988. The monoisotopic (exact) mass is 196 g/mol. The molecule has 2 radical (unpaired) electrons. The number of anilines is 1. The van der Waals surface area contributed by atoms with Gasteiger partial charge in [-0.2, -0.15) is 0 Å². The van der Waals surface area contributed by atoms with Gasteiger partial charge in [-0.25, -0.2) is 4.79 Å². The SMILES string of the molecule is [CH]c1ccc(Cl)c(NC(=O)NC)c1. The Kier molecular flexibility index (Phi) is 3.14. The Labute approximate surface area is 82.1 Å². The van der Waals surface area contributed by atoms with Gasteiger partial charge in [0.05, 0.1) is 10.7 Å². The molecule has 2 amide bonds. The van der Waals surface area contributed by atoms with Gasteiger partial charge >= 0.3 is 6.03 Å². The number of halogens is 1. The molecule has 0 aliphatic carbocycles. The summed E-state index contributed by atoms with van der Waals surface area (Å²) >= 11 is 5.80. The fourth-order valence-electron chi connectivity index (χ4n) is 0.823. The summed E-state index contributed by atoms with van der Waals surface area (Å²) in [5, 5.41) is 5.41. The van der Waals surface area contributed by atoms with Gasteiger partial charge in [0.15, 0.2) is 0 Å². The minimum atomic E-state index is -0.326. The Morgan fingerprint density at radius 2 is 2.23 bits per heavy atom. The van der Waals surface area contributed by atoms with Crippen LogP contribution in [0.25, 0.3) is 0 Å². The zero-order valence-electron chi connectivity index (χ0n) is 7.10. The van der Waals surface area contributed by atoms with Crippen molar-refractivity contribution in [2.24, 2.45) is 0 Å². The predicted molar refractivity (Wildman–Crippen MR) is 52.9 cm³/mol. The molecular weight excluding hydrogens is 188 g/mol. The number of hydrogen-bond donors (Lipinski definition) is 2. The van der Waals surface area contributed by atoms with Crippen molar-refractivity contribution in [2.45, 2.75) is 0 Å². The Balaban J connectivity index is 2.87. The van der Waals surface area contributed by atoms with Gasteiger partial charge in [-0.3, -0.25) is 0 Å². The summed E-state index contributed by atoms with van der Waals surface area (Å²) in [7, 11) is 1.52. The number of carbonyl (C=O) groups is 1. The Bertz CT molecular complexity index is 325. The summed E-state index contributed by atoms with van der Waals surface area (Å²) in [6.45, 7) is 5.51. The molecule has 13 heavy (non-hydrogen) atoms. The molecule has 4 heteroatoms. The Morgan fingerprint density at radius 1 is 1.54 bits per heavy atom. The lowest BCUT2D eigenvalue weighted by molar-refractivity contribution is 0.254. The van der Waals surface area contributed by atoms with E-state index in [1.54, 1.807) is 18.2 Å². The molecule has 1 aromatic rings. The number of nitrogens with one attached hydrogen (secondary N) is 2. The smallest absolute Gasteiger partial charge is 0.319 e. The van der Waals surface area contributed by atoms with Gasteiger partial charge in [-0.15, -0.1) is 0 Å². The number of benzene rings is 1. The fraction of sp³-hybridized carbons (Fsp3) is 0.111. The molecule has 0 saturated heterocycles. The van der Waals surface area contributed by atoms with Gasteiger partial charge < -0.3 is 10.6 Å². The maximum atomic E-state index is 10.9. The van der Waals surface area contributed by atoms with E-state index in [-0.39, 0.29) is 6.03 Å². The van der Waals surface area contributed by atoms with Crippen LogP contribution in [0.2, 0.25) is 5.02 Å². The van der Waals surface area contributed by atoms with Crippen LogP contribution in [-0.2, 0) is 0 Å². The van der Waals surface area contributed by atoms with Crippen molar-refractivity contribution in [3.8, 4) is 0 Å². The summed E-state index contributed by atoms with van der Waals surface area (Å²) in [6.07, 6.45) is 0. The van der Waals surface area contributed by atoms with Gasteiger partial charge in [-0.1, -0.05) is 17.7 Å². The normalized spacial score (nSPS) is 9.46. The molecule has 1 rings (SSSR count). The zero-order chi connectivity index (χ0) is 9.84. The topological polar surface area (TPSA) is 41.1 Å². The van der Waals surface area contributed by atoms with Gasteiger partial charge in [0, 0.05) is 7.05 Å². The predicted octanol–water partition coefficient (Wildman–Crippen LogP) is 2.15. The van der Waals surface area contributed by atoms with Crippen LogP contribution >= 0.6 is 11.6 Å². The molecule has 0 spiro atoms. The standard InChI is InChI=1S/C9H9ClN2O/c1-6-3-4-7(10)8(5-6)12-9(13)11-2/h1,3-5H,2H3,(H2,11,12,13). The first kappa shape index (κ1) is 9.86. The molecule has 0 heterocycles. The van der Waals surface area contributed by atoms with Crippen LogP contribution in [-0.4, -0.2) is 13.1 Å². The Morgan fingerprint density at radius 3 is 2.85 bits per heavy atom. The summed E-state index contributed by atoms with van der Waals surface area (Å²) in [4.78, 5) is 10.9. The quantitative estimate of drug-likeness (QED) is 0.710. The van der Waals surface area contributed by atoms with Crippen LogP contribution in [0.15, 0.2) is 18.2 Å². The highest BCUT2D eigenvalue weighted by Crippen LogP contribution is 2.22. The maximum Gasteiger partial charge on any atom is 0.319 e. The van der Waals surface area contributed by atoms with E-state index in [0.717, 1.165) is 0 Å². The van der Waals surface area contributed by atoms with Gasteiger partial charge in [-0.05, 0) is 24.6 Å². The molecule has 0 saturated carbocycles. The molecule has 0 atom stereocenters. The van der Waals surface area contributed by atoms with Crippen molar-refractivity contribution in [1.82, 2.24) is 5.32 Å². The van der Waals surface area contributed by atoms with E-state index in [2.05, 4.69) is 10.6 Å². The van der Waals surface area contributed by atoms with E-state index < -0.39 is 0 Å². The van der Waals surface area contributed by atoms with Crippen molar-refractivity contribution < 1.29 is 4.79 Å². The van der Waals surface area contributed by atoms with Gasteiger partial charge in [0.25, 0.3) is 0 Å². The van der Waals surface area contributed by atoms with Gasteiger partial charge in [0.1, 0.15) is 0 Å². The molecule has 0 aliphatic heterocycles. The highest BCUT2D eigenvalue weighted by Gasteiger charge is 2.03. The second-order valence-electron chi connectivity index (χ2n) is 2.44. The Hall–Kier alpha value is -1.22. The maximum absolute atomic E-state index is 10.9. The molecule has 1 aromatic carbocycles. The van der Waals surface area contributed by atoms with Crippen LogP contribution in [0.4, 0.5) is 10.5 Å². The van der Waals surface area contributed by atoms with Crippen LogP contribution in [0.5, 0.6) is 0 Å². The highest BCUT2D eigenvalue weighted by atomic mass is 35.5. The van der Waals surface area contributed by atoms with E-state index in [1.807, 2.05) is 0 Å². The molecular formula is C9H9ClN2O. The molecule has 0 fully saturated rings. The minimum Gasteiger partial charge on any atom is -0.341 e. The van der Waals surface area contributed by atoms with Crippen molar-refractivity contribution >= 4 is 23.3 Å². The average molecular weight is 197 g/mol. The highest BCUT2D eigenvalue weighted by molar-refractivity contribution is 6.33. The minimum absolute atomic E-state index is 0.326. The van der Waals surface area contributed by atoms with Crippen molar-refractivity contribution in [3.63, 3.8) is 0 Å². The van der Waals surface area contributed by atoms with E-state index >= 15 is 0 Å². The molecule has 0 aliphatic rings. The van der Waals surface area contributed by atoms with Crippen LogP contribution in [0.1, 0.15) is 5.56 Å². The lowest BCUT2D eigenvalue weighted by Crippen LogP contribution is -2.24. The van der Waals surface area contributed by atoms with Gasteiger partial charge in [0.2, 0.25) is 0 Å². The number of amides is 2. The van der Waals surface area contributed by atoms with E-state index in [9.17, 15) is 4.79 Å². The number of hydrogen-bond acceptors (Lipinski definition) is 1. The summed E-state index contributed by atoms with van der Waals surface area (Å²) < 4.78 is 0. The third kappa shape index (κ3) is 2.63. The third-order valence-electron chi connectivity index (χ3n) is 1.47. The molecule has 3 nitrogen and oxygen atoms in total. The molecule has 2 N–H and O–H groups in total. The van der Waals surface area contributed by atoms with Crippen LogP contribution < -0.4 is 10.6 Å². The zero-order valence-corrected chi connectivity index (χ0v) is 7.85. The third-order valence-corrected chi connectivity index (χ3v) is 1.80. The lowest BCUT2D eigenvalue weighted by atomic mass is 10.2. The van der Waals surface area contributed by atoms with E-state index in [0.29, 0.717) is 16.3 Å². The molecule has 0 bridgehead atoms. The second kappa shape index (κ2) is 4.14. The van der Waals surface area contributed by atoms with E-state index in [4.69, 9.17) is 18.5 Å². The van der Waals surface area contributed by atoms with Crippen molar-refractivity contribution in [3.05, 3.63) is 35.7 Å².